The van der Waals surface area contributed by atoms with Gasteiger partial charge in [-0.15, -0.1) is 0 Å². The van der Waals surface area contributed by atoms with Gasteiger partial charge in [-0.1, -0.05) is 23.7 Å². The zero-order chi connectivity index (χ0) is 14.7. The van der Waals surface area contributed by atoms with Crippen molar-refractivity contribution in [2.75, 3.05) is 13.1 Å². The first-order valence-corrected chi connectivity index (χ1v) is 7.27. The van der Waals surface area contributed by atoms with Gasteiger partial charge >= 0.3 is 5.97 Å². The lowest BCUT2D eigenvalue weighted by atomic mass is 9.87. The molecular formula is C15H20ClNO3. The van der Waals surface area contributed by atoms with Crippen molar-refractivity contribution in [3.8, 4) is 0 Å². The summed E-state index contributed by atoms with van der Waals surface area (Å²) in [6.07, 6.45) is 1.11. The molecule has 1 saturated heterocycles. The van der Waals surface area contributed by atoms with Gasteiger partial charge in [0.2, 0.25) is 0 Å². The number of hydrogen-bond acceptors (Lipinski definition) is 3. The van der Waals surface area contributed by atoms with E-state index >= 15 is 0 Å². The second kappa shape index (κ2) is 6.57. The molecule has 1 aromatic rings. The fraction of sp³-hybridized carbons (Fsp3) is 0.533. The molecule has 1 heterocycles. The number of rotatable bonds is 4. The minimum absolute atomic E-state index is 0.174. The average molecular weight is 298 g/mol. The highest BCUT2D eigenvalue weighted by Gasteiger charge is 2.30. The minimum atomic E-state index is -0.790. The highest BCUT2D eigenvalue weighted by Crippen LogP contribution is 2.31. The van der Waals surface area contributed by atoms with Crippen LogP contribution in [0.25, 0.3) is 0 Å². The van der Waals surface area contributed by atoms with Crippen LogP contribution in [-0.4, -0.2) is 40.2 Å². The molecule has 0 amide bonds. The number of benzene rings is 1. The number of piperidine rings is 1. The molecule has 0 aromatic heterocycles. The van der Waals surface area contributed by atoms with Crippen molar-refractivity contribution in [1.29, 1.82) is 0 Å². The summed E-state index contributed by atoms with van der Waals surface area (Å²) in [5.41, 5.74) is 0.874. The van der Waals surface area contributed by atoms with Crippen molar-refractivity contribution >= 4 is 17.6 Å². The van der Waals surface area contributed by atoms with Crippen LogP contribution < -0.4 is 0 Å². The number of aliphatic hydroxyl groups is 1. The largest absolute Gasteiger partial charge is 0.480 e. The van der Waals surface area contributed by atoms with Crippen molar-refractivity contribution in [1.82, 2.24) is 4.90 Å². The van der Waals surface area contributed by atoms with Crippen LogP contribution in [0.5, 0.6) is 0 Å². The van der Waals surface area contributed by atoms with Crippen LogP contribution in [0.3, 0.4) is 0 Å². The Labute approximate surface area is 124 Å². The van der Waals surface area contributed by atoms with E-state index in [1.165, 1.54) is 0 Å². The summed E-state index contributed by atoms with van der Waals surface area (Å²) < 4.78 is 0. The molecule has 1 fully saturated rings. The van der Waals surface area contributed by atoms with E-state index in [4.69, 9.17) is 16.7 Å². The van der Waals surface area contributed by atoms with Crippen molar-refractivity contribution in [3.05, 3.63) is 34.9 Å². The van der Waals surface area contributed by atoms with E-state index in [1.807, 2.05) is 17.0 Å². The van der Waals surface area contributed by atoms with Crippen molar-refractivity contribution in [3.63, 3.8) is 0 Å². The van der Waals surface area contributed by atoms with Gasteiger partial charge in [0.25, 0.3) is 0 Å². The molecule has 2 rings (SSSR count). The first kappa shape index (κ1) is 15.3. The Hall–Kier alpha value is -1.10. The topological polar surface area (TPSA) is 60.8 Å². The smallest absolute Gasteiger partial charge is 0.320 e. The molecule has 0 aliphatic carbocycles. The van der Waals surface area contributed by atoms with Crippen LogP contribution in [0.15, 0.2) is 24.3 Å². The summed E-state index contributed by atoms with van der Waals surface area (Å²) in [6, 6.07) is 6.80. The van der Waals surface area contributed by atoms with E-state index < -0.39 is 18.1 Å². The van der Waals surface area contributed by atoms with Gasteiger partial charge in [-0.3, -0.25) is 9.69 Å². The SMILES string of the molecule is CC(C(=O)O)N1CCC(C(O)c2ccc(Cl)cc2)CC1. The third kappa shape index (κ3) is 3.51. The summed E-state index contributed by atoms with van der Waals surface area (Å²) >= 11 is 5.84. The number of carboxylic acid groups (broad SMARTS) is 1. The molecular weight excluding hydrogens is 278 g/mol. The van der Waals surface area contributed by atoms with Crippen LogP contribution in [0.1, 0.15) is 31.4 Å². The molecule has 1 aliphatic heterocycles. The second-order valence-corrected chi connectivity index (χ2v) is 5.82. The number of hydrogen-bond donors (Lipinski definition) is 2. The predicted molar refractivity (Wildman–Crippen MR) is 77.8 cm³/mol. The number of aliphatic hydroxyl groups excluding tert-OH is 1. The van der Waals surface area contributed by atoms with E-state index in [0.29, 0.717) is 18.1 Å². The quantitative estimate of drug-likeness (QED) is 0.897. The maximum atomic E-state index is 11.0. The third-order valence-electron chi connectivity index (χ3n) is 4.14. The molecule has 0 spiro atoms. The van der Waals surface area contributed by atoms with Crippen molar-refractivity contribution in [2.45, 2.75) is 31.9 Å². The summed E-state index contributed by atoms with van der Waals surface area (Å²) in [6.45, 7) is 3.13. The van der Waals surface area contributed by atoms with Gasteiger partial charge in [-0.25, -0.2) is 0 Å². The van der Waals surface area contributed by atoms with Gasteiger partial charge in [-0.2, -0.15) is 0 Å². The second-order valence-electron chi connectivity index (χ2n) is 5.38. The molecule has 20 heavy (non-hydrogen) atoms. The predicted octanol–water partition coefficient (Wildman–Crippen LogP) is 2.56. The Balaban J connectivity index is 1.93. The molecule has 110 valence electrons. The first-order chi connectivity index (χ1) is 9.49. The molecule has 0 saturated carbocycles. The maximum absolute atomic E-state index is 11.0. The highest BCUT2D eigenvalue weighted by atomic mass is 35.5. The standard InChI is InChI=1S/C15H20ClNO3/c1-10(15(19)20)17-8-6-12(7-9-17)14(18)11-2-4-13(16)5-3-11/h2-5,10,12,14,18H,6-9H2,1H3,(H,19,20). The lowest BCUT2D eigenvalue weighted by Crippen LogP contribution is -2.44. The van der Waals surface area contributed by atoms with Gasteiger partial charge in [0.1, 0.15) is 6.04 Å². The third-order valence-corrected chi connectivity index (χ3v) is 4.39. The summed E-state index contributed by atoms with van der Waals surface area (Å²) in [5.74, 6) is -0.616. The fourth-order valence-electron chi connectivity index (χ4n) is 2.71. The molecule has 5 heteroatoms. The Morgan fingerprint density at radius 3 is 2.35 bits per heavy atom. The average Bonchev–Trinajstić information content (AvgIpc) is 2.46. The van der Waals surface area contributed by atoms with Crippen molar-refractivity contribution < 1.29 is 15.0 Å². The van der Waals surface area contributed by atoms with Gasteiger partial charge in [0, 0.05) is 5.02 Å². The Morgan fingerprint density at radius 2 is 1.85 bits per heavy atom. The number of carbonyl (C=O) groups is 1. The monoisotopic (exact) mass is 297 g/mol. The van der Waals surface area contributed by atoms with Gasteiger partial charge < -0.3 is 10.2 Å². The number of carboxylic acids is 1. The molecule has 1 aromatic carbocycles. The van der Waals surface area contributed by atoms with E-state index in [1.54, 1.807) is 19.1 Å². The van der Waals surface area contributed by atoms with Crippen LogP contribution in [0, 0.1) is 5.92 Å². The number of nitrogens with zero attached hydrogens (tertiary/aromatic N) is 1. The van der Waals surface area contributed by atoms with Crippen LogP contribution >= 0.6 is 11.6 Å². The van der Waals surface area contributed by atoms with E-state index in [0.717, 1.165) is 18.4 Å². The lowest BCUT2D eigenvalue weighted by molar-refractivity contribution is -0.143. The van der Waals surface area contributed by atoms with E-state index in [-0.39, 0.29) is 5.92 Å². The van der Waals surface area contributed by atoms with Crippen LogP contribution in [0.4, 0.5) is 0 Å². The molecule has 0 bridgehead atoms. The van der Waals surface area contributed by atoms with E-state index in [2.05, 4.69) is 0 Å². The molecule has 2 atom stereocenters. The molecule has 1 aliphatic rings. The summed E-state index contributed by atoms with van der Waals surface area (Å²) in [7, 11) is 0. The zero-order valence-corrected chi connectivity index (χ0v) is 12.3. The summed E-state index contributed by atoms with van der Waals surface area (Å²) in [4.78, 5) is 12.9. The fourth-order valence-corrected chi connectivity index (χ4v) is 2.84. The molecule has 2 N–H and O–H groups in total. The van der Waals surface area contributed by atoms with Crippen LogP contribution in [-0.2, 0) is 4.79 Å². The van der Waals surface area contributed by atoms with Gasteiger partial charge in [0.15, 0.2) is 0 Å². The molecule has 0 radical (unpaired) electrons. The summed E-state index contributed by atoms with van der Waals surface area (Å²) in [5, 5.41) is 20.1. The Kier molecular flexibility index (Phi) is 5.02. The van der Waals surface area contributed by atoms with Crippen molar-refractivity contribution in [2.24, 2.45) is 5.92 Å². The first-order valence-electron chi connectivity index (χ1n) is 6.89. The van der Waals surface area contributed by atoms with Gasteiger partial charge in [0.05, 0.1) is 6.10 Å². The molecule has 4 nitrogen and oxygen atoms in total. The Morgan fingerprint density at radius 1 is 1.30 bits per heavy atom. The lowest BCUT2D eigenvalue weighted by Gasteiger charge is -2.36. The van der Waals surface area contributed by atoms with E-state index in [9.17, 15) is 9.90 Å². The Bertz CT molecular complexity index is 455. The molecule has 2 unspecified atom stereocenters. The number of likely N-dealkylation sites (tertiary alicyclic amines) is 1. The number of halogens is 1. The highest BCUT2D eigenvalue weighted by molar-refractivity contribution is 6.30. The van der Waals surface area contributed by atoms with Crippen LogP contribution in [0.2, 0.25) is 5.02 Å². The number of aliphatic carboxylic acids is 1. The zero-order valence-electron chi connectivity index (χ0n) is 11.5. The minimum Gasteiger partial charge on any atom is -0.480 e. The van der Waals surface area contributed by atoms with Gasteiger partial charge in [-0.05, 0) is 56.5 Å². The maximum Gasteiger partial charge on any atom is 0.320 e. The normalized spacial score (nSPS) is 20.6.